The monoisotopic (exact) mass is 933 g/mol. The molecule has 3 aliphatic heterocycles. The highest BCUT2D eigenvalue weighted by Crippen LogP contribution is 2.46. The molecule has 4 heterocycles. The lowest BCUT2D eigenvalue weighted by Crippen LogP contribution is -2.62. The maximum Gasteiger partial charge on any atom is 0.402 e. The molecule has 1 aromatic heterocycles. The van der Waals surface area contributed by atoms with Gasteiger partial charge in [0, 0.05) is 30.3 Å². The summed E-state index contributed by atoms with van der Waals surface area (Å²) in [5.41, 5.74) is 0.350. The summed E-state index contributed by atoms with van der Waals surface area (Å²) in [6, 6.07) is 11.6. The summed E-state index contributed by atoms with van der Waals surface area (Å²) in [6.07, 6.45) is -23.0. The van der Waals surface area contributed by atoms with Crippen LogP contribution in [0.25, 0.3) is 28.4 Å². The molecule has 0 bridgehead atoms. The number of aromatic hydroxyl groups is 4. The highest BCUT2D eigenvalue weighted by Gasteiger charge is 2.50. The molecular formula is C43H49O23+. The number of aliphatic hydroxyl groups excluding tert-OH is 9. The number of hydrogen-bond acceptors (Lipinski definition) is 22. The first-order valence-corrected chi connectivity index (χ1v) is 20.3. The van der Waals surface area contributed by atoms with Crippen molar-refractivity contribution in [1.29, 1.82) is 0 Å². The van der Waals surface area contributed by atoms with Gasteiger partial charge in [-0.15, -0.1) is 0 Å². The zero-order chi connectivity index (χ0) is 47.7. The van der Waals surface area contributed by atoms with Crippen LogP contribution in [-0.4, -0.2) is 185 Å². The van der Waals surface area contributed by atoms with E-state index in [0.29, 0.717) is 5.56 Å². The summed E-state index contributed by atoms with van der Waals surface area (Å²) in [4.78, 5) is 12.6. The lowest BCUT2D eigenvalue weighted by atomic mass is 9.98. The van der Waals surface area contributed by atoms with Crippen molar-refractivity contribution in [2.24, 2.45) is 0 Å². The van der Waals surface area contributed by atoms with Crippen LogP contribution in [0.3, 0.4) is 0 Å². The van der Waals surface area contributed by atoms with Crippen LogP contribution in [0, 0.1) is 0 Å². The van der Waals surface area contributed by atoms with Gasteiger partial charge >= 0.3 is 17.3 Å². The molecule has 7 rings (SSSR count). The van der Waals surface area contributed by atoms with Crippen molar-refractivity contribution in [3.05, 3.63) is 66.2 Å². The molecule has 3 aliphatic rings. The zero-order valence-corrected chi connectivity index (χ0v) is 34.8. The van der Waals surface area contributed by atoms with Crippen LogP contribution in [0.5, 0.6) is 40.2 Å². The second kappa shape index (κ2) is 20.1. The van der Waals surface area contributed by atoms with Gasteiger partial charge in [0.1, 0.15) is 83.7 Å². The van der Waals surface area contributed by atoms with Crippen LogP contribution in [0.15, 0.2) is 65.1 Å². The molecule has 3 saturated heterocycles. The fraction of sp³-hybridized carbons (Fsp3) is 0.442. The van der Waals surface area contributed by atoms with Crippen molar-refractivity contribution in [3.8, 4) is 51.6 Å². The zero-order valence-electron chi connectivity index (χ0n) is 34.8. The number of hydrogen-bond donors (Lipinski definition) is 13. The molecule has 0 radical (unpaired) electrons. The third-order valence-electron chi connectivity index (χ3n) is 11.1. The van der Waals surface area contributed by atoms with Crippen molar-refractivity contribution < 1.29 is 113 Å². The molecule has 4 aromatic rings. The SMILES string of the molecule is COc1cc(-c2[o+]c3cc(O)cc(O[C@@H]4O[C@H](CO)[C@@H](O)[C@H](O)[C@H]4O)c3cc2O[C@H]2O[C@@H](CO[C@H]3O[C@H](C)[C@@H](OC(=O)/C=C/c4ccc(O)cc4)[C@H](O)[C@@H]3O)[C@H](O)[C@@H](O)[C@@H]2O)cc(O)c1O. The van der Waals surface area contributed by atoms with Gasteiger partial charge in [-0.2, -0.15) is 0 Å². The number of phenolic OH excluding ortho intramolecular Hbond substituents is 4. The van der Waals surface area contributed by atoms with Crippen LogP contribution >= 0.6 is 0 Å². The second-order valence-electron chi connectivity index (χ2n) is 15.6. The Morgan fingerprint density at radius 2 is 1.30 bits per heavy atom. The molecule has 358 valence electrons. The van der Waals surface area contributed by atoms with Crippen LogP contribution < -0.4 is 14.2 Å². The number of esters is 1. The Balaban J connectivity index is 1.13. The van der Waals surface area contributed by atoms with Crippen LogP contribution in [0.2, 0.25) is 0 Å². The lowest BCUT2D eigenvalue weighted by molar-refractivity contribution is -0.319. The van der Waals surface area contributed by atoms with E-state index in [4.69, 9.17) is 42.3 Å². The summed E-state index contributed by atoms with van der Waals surface area (Å²) in [5.74, 6) is -3.85. The van der Waals surface area contributed by atoms with Gasteiger partial charge in [-0.05, 0) is 30.7 Å². The predicted molar refractivity (Wildman–Crippen MR) is 219 cm³/mol. The van der Waals surface area contributed by atoms with Gasteiger partial charge < -0.3 is 104 Å². The van der Waals surface area contributed by atoms with Gasteiger partial charge in [-0.3, -0.25) is 0 Å². The van der Waals surface area contributed by atoms with Crippen LogP contribution in [0.4, 0.5) is 0 Å². The Morgan fingerprint density at radius 1 is 0.682 bits per heavy atom. The number of aliphatic hydroxyl groups is 9. The molecule has 0 aliphatic carbocycles. The van der Waals surface area contributed by atoms with Crippen LogP contribution in [0.1, 0.15) is 12.5 Å². The maximum atomic E-state index is 12.6. The van der Waals surface area contributed by atoms with Gasteiger partial charge in [-0.25, -0.2) is 9.21 Å². The van der Waals surface area contributed by atoms with Crippen molar-refractivity contribution in [2.75, 3.05) is 20.3 Å². The van der Waals surface area contributed by atoms with E-state index < -0.39 is 129 Å². The molecule has 13 N–H and O–H groups in total. The van der Waals surface area contributed by atoms with Crippen molar-refractivity contribution in [1.82, 2.24) is 0 Å². The Morgan fingerprint density at radius 3 is 1.95 bits per heavy atom. The third-order valence-corrected chi connectivity index (χ3v) is 11.1. The first-order chi connectivity index (χ1) is 31.4. The topological polar surface area (TPSA) is 365 Å². The number of carbonyl (C=O) groups is 1. The largest absolute Gasteiger partial charge is 0.508 e. The number of rotatable bonds is 13. The van der Waals surface area contributed by atoms with Gasteiger partial charge in [0.15, 0.2) is 23.9 Å². The molecule has 0 spiro atoms. The fourth-order valence-electron chi connectivity index (χ4n) is 7.42. The molecule has 3 fully saturated rings. The predicted octanol–water partition coefficient (Wildman–Crippen LogP) is -1.31. The highest BCUT2D eigenvalue weighted by molar-refractivity contribution is 5.89. The number of phenols is 4. The molecule has 0 unspecified atom stereocenters. The highest BCUT2D eigenvalue weighted by atomic mass is 16.7. The van der Waals surface area contributed by atoms with E-state index in [-0.39, 0.29) is 45.3 Å². The Kier molecular flexibility index (Phi) is 14.7. The maximum absolute atomic E-state index is 12.6. The van der Waals surface area contributed by atoms with E-state index in [1.165, 1.54) is 44.4 Å². The molecule has 0 amide bonds. The summed E-state index contributed by atoms with van der Waals surface area (Å²) in [6.45, 7) is -0.0302. The van der Waals surface area contributed by atoms with Gasteiger partial charge in [0.2, 0.25) is 24.1 Å². The van der Waals surface area contributed by atoms with E-state index in [0.717, 1.165) is 24.3 Å². The molecular weight excluding hydrogens is 884 g/mol. The third kappa shape index (κ3) is 10.0. The molecule has 15 atom stereocenters. The summed E-state index contributed by atoms with van der Waals surface area (Å²) >= 11 is 0. The minimum absolute atomic E-state index is 0.0232. The normalized spacial score (nSPS) is 32.6. The summed E-state index contributed by atoms with van der Waals surface area (Å²) < 4.78 is 51.3. The summed E-state index contributed by atoms with van der Waals surface area (Å²) in [7, 11) is 1.20. The lowest BCUT2D eigenvalue weighted by Gasteiger charge is -2.42. The number of ether oxygens (including phenoxy) is 8. The molecule has 23 heteroatoms. The van der Waals surface area contributed by atoms with Gasteiger partial charge in [-0.1, -0.05) is 12.1 Å². The van der Waals surface area contributed by atoms with E-state index in [1.54, 1.807) is 12.1 Å². The van der Waals surface area contributed by atoms with Gasteiger partial charge in [0.05, 0.1) is 38.1 Å². The minimum Gasteiger partial charge on any atom is -0.508 e. The standard InChI is InChI=1S/C43H48O23/c1-16-39(66-29(48)8-5-17-3-6-19(45)7-4-17)35(54)38(57)41(60-16)59-15-28-32(51)34(53)37(56)43(65-28)63-26-13-21-23(61-40(26)18-9-22(47)30(49)25(10-18)58-2)11-20(46)12-24(21)62-42-36(55)33(52)31(50)27(14-44)64-42/h3-13,16,27-28,31-39,41-44,50-57H,14-15H2,1-2H3,(H3-,45,46,47,48,49)/p+1/t16-,27-,28+,31-,32+,33+,34-,35-,36-,37+,38+,39-,41+,42-,43+/m1/s1. The quantitative estimate of drug-likeness (QED) is 0.0320. The average Bonchev–Trinajstić information content (AvgIpc) is 3.29. The Labute approximate surface area is 373 Å². The molecule has 66 heavy (non-hydrogen) atoms. The number of carbonyl (C=O) groups excluding carboxylic acids is 1. The van der Waals surface area contributed by atoms with Crippen molar-refractivity contribution in [2.45, 2.75) is 99.0 Å². The summed E-state index contributed by atoms with van der Waals surface area (Å²) in [5, 5.41) is 137. The van der Waals surface area contributed by atoms with Crippen molar-refractivity contribution in [3.63, 3.8) is 0 Å². The second-order valence-corrected chi connectivity index (χ2v) is 15.6. The molecule has 23 nitrogen and oxygen atoms in total. The Bertz CT molecular complexity index is 2360. The van der Waals surface area contributed by atoms with E-state index >= 15 is 0 Å². The van der Waals surface area contributed by atoms with E-state index in [1.807, 2.05) is 0 Å². The fourth-order valence-corrected chi connectivity index (χ4v) is 7.42. The minimum atomic E-state index is -2.01. The number of benzene rings is 3. The molecule has 3 aromatic carbocycles. The van der Waals surface area contributed by atoms with Crippen LogP contribution in [-0.2, 0) is 28.5 Å². The van der Waals surface area contributed by atoms with E-state index in [2.05, 4.69) is 0 Å². The molecule has 0 saturated carbocycles. The van der Waals surface area contributed by atoms with Crippen molar-refractivity contribution >= 4 is 23.0 Å². The van der Waals surface area contributed by atoms with E-state index in [9.17, 15) is 71.2 Å². The first kappa shape index (κ1) is 48.3. The number of fused-ring (bicyclic) bond motifs is 1. The smallest absolute Gasteiger partial charge is 0.402 e. The Hall–Kier alpha value is -5.64. The first-order valence-electron chi connectivity index (χ1n) is 20.3. The number of methoxy groups -OCH3 is 1. The average molecular weight is 934 g/mol. The van der Waals surface area contributed by atoms with Gasteiger partial charge in [0.25, 0.3) is 0 Å².